The van der Waals surface area contributed by atoms with Crippen molar-refractivity contribution < 1.29 is 4.79 Å². The first kappa shape index (κ1) is 22.1. The molecule has 2 N–H and O–H groups in total. The lowest BCUT2D eigenvalue weighted by molar-refractivity contribution is -0.128. The average Bonchev–Trinajstić information content (AvgIpc) is 2.93. The van der Waals surface area contributed by atoms with E-state index < -0.39 is 0 Å². The maximum Gasteiger partial charge on any atom is 0.223 e. The first-order chi connectivity index (χ1) is 10.4. The maximum absolute atomic E-state index is 11.5. The molecule has 1 aromatic heterocycles. The third kappa shape index (κ3) is 8.50. The van der Waals surface area contributed by atoms with Crippen LogP contribution in [-0.4, -0.2) is 48.9 Å². The minimum atomic E-state index is 0. The highest BCUT2D eigenvalue weighted by atomic mass is 127. The number of amides is 1. The van der Waals surface area contributed by atoms with Crippen molar-refractivity contribution in [2.24, 2.45) is 4.99 Å². The highest BCUT2D eigenvalue weighted by molar-refractivity contribution is 14.0. The highest BCUT2D eigenvalue weighted by Gasteiger charge is 2.07. The largest absolute Gasteiger partial charge is 0.357 e. The number of nitrogens with zero attached hydrogens (tertiary/aromatic N) is 3. The quantitative estimate of drug-likeness (QED) is 0.378. The molecule has 0 saturated heterocycles. The Balaban J connectivity index is 0.00000484. The first-order valence-corrected chi connectivity index (χ1v) is 8.48. The van der Waals surface area contributed by atoms with Gasteiger partial charge in [-0.3, -0.25) is 4.79 Å². The van der Waals surface area contributed by atoms with Crippen LogP contribution in [-0.2, 0) is 11.3 Å². The minimum Gasteiger partial charge on any atom is -0.357 e. The molecule has 0 bridgehead atoms. The summed E-state index contributed by atoms with van der Waals surface area (Å²) in [5, 5.41) is 9.44. The van der Waals surface area contributed by atoms with Crippen molar-refractivity contribution in [2.75, 3.05) is 27.2 Å². The molecule has 132 valence electrons. The van der Waals surface area contributed by atoms with Gasteiger partial charge in [-0.1, -0.05) is 13.8 Å². The highest BCUT2D eigenvalue weighted by Crippen LogP contribution is 2.18. The topological polar surface area (TPSA) is 69.6 Å². The van der Waals surface area contributed by atoms with Crippen molar-refractivity contribution in [1.29, 1.82) is 0 Å². The van der Waals surface area contributed by atoms with Gasteiger partial charge in [-0.15, -0.1) is 35.3 Å². The Labute approximate surface area is 160 Å². The van der Waals surface area contributed by atoms with Crippen LogP contribution in [0.2, 0.25) is 0 Å². The molecule has 0 unspecified atom stereocenters. The Bertz CT molecular complexity index is 502. The SMILES string of the molecule is CCNC(=NCc1nc(C(C)C)cs1)NCCC(=O)N(C)C.I. The van der Waals surface area contributed by atoms with E-state index in [2.05, 4.69) is 39.8 Å². The zero-order valence-corrected chi connectivity index (χ0v) is 17.7. The number of aromatic nitrogens is 1. The summed E-state index contributed by atoms with van der Waals surface area (Å²) in [7, 11) is 3.52. The number of nitrogens with one attached hydrogen (secondary N) is 2. The Morgan fingerprint density at radius 1 is 1.39 bits per heavy atom. The van der Waals surface area contributed by atoms with Gasteiger partial charge in [-0.05, 0) is 12.8 Å². The van der Waals surface area contributed by atoms with Gasteiger partial charge in [-0.25, -0.2) is 9.98 Å². The van der Waals surface area contributed by atoms with Crippen molar-refractivity contribution in [1.82, 2.24) is 20.5 Å². The normalized spacial score (nSPS) is 11.1. The van der Waals surface area contributed by atoms with Gasteiger partial charge in [0.05, 0.1) is 12.2 Å². The molecule has 0 aliphatic heterocycles. The second kappa shape index (κ2) is 11.6. The van der Waals surface area contributed by atoms with Crippen molar-refractivity contribution in [3.8, 4) is 0 Å². The third-order valence-corrected chi connectivity index (χ3v) is 3.86. The molecule has 6 nitrogen and oxygen atoms in total. The lowest BCUT2D eigenvalue weighted by Gasteiger charge is -2.13. The molecule has 0 saturated carbocycles. The van der Waals surface area contributed by atoms with E-state index in [1.807, 2.05) is 6.92 Å². The van der Waals surface area contributed by atoms with Crippen molar-refractivity contribution in [2.45, 2.75) is 39.7 Å². The molecule has 1 aromatic rings. The summed E-state index contributed by atoms with van der Waals surface area (Å²) >= 11 is 1.64. The zero-order valence-electron chi connectivity index (χ0n) is 14.5. The van der Waals surface area contributed by atoms with Crippen molar-refractivity contribution in [3.63, 3.8) is 0 Å². The maximum atomic E-state index is 11.5. The molecule has 23 heavy (non-hydrogen) atoms. The molecular formula is C15H28IN5OS. The van der Waals surface area contributed by atoms with Gasteiger partial charge in [0.25, 0.3) is 0 Å². The molecular weight excluding hydrogens is 425 g/mol. The van der Waals surface area contributed by atoms with Crippen LogP contribution >= 0.6 is 35.3 Å². The van der Waals surface area contributed by atoms with E-state index in [9.17, 15) is 4.79 Å². The molecule has 1 amide bonds. The smallest absolute Gasteiger partial charge is 0.223 e. The van der Waals surface area contributed by atoms with E-state index in [1.165, 1.54) is 0 Å². The molecule has 0 spiro atoms. The molecule has 0 atom stereocenters. The van der Waals surface area contributed by atoms with Gasteiger partial charge < -0.3 is 15.5 Å². The van der Waals surface area contributed by atoms with Gasteiger partial charge in [0.1, 0.15) is 5.01 Å². The molecule has 1 rings (SSSR count). The fourth-order valence-electron chi connectivity index (χ4n) is 1.66. The van der Waals surface area contributed by atoms with E-state index in [0.717, 1.165) is 23.2 Å². The van der Waals surface area contributed by atoms with E-state index >= 15 is 0 Å². The van der Waals surface area contributed by atoms with Gasteiger partial charge in [-0.2, -0.15) is 0 Å². The van der Waals surface area contributed by atoms with Crippen LogP contribution in [0.3, 0.4) is 0 Å². The Kier molecular flexibility index (Phi) is 11.2. The molecule has 0 aliphatic carbocycles. The zero-order chi connectivity index (χ0) is 16.5. The molecule has 1 heterocycles. The van der Waals surface area contributed by atoms with Crippen LogP contribution in [0.4, 0.5) is 0 Å². The second-order valence-electron chi connectivity index (χ2n) is 5.48. The third-order valence-electron chi connectivity index (χ3n) is 3.01. The number of thiazole rings is 1. The summed E-state index contributed by atoms with van der Waals surface area (Å²) in [6.45, 7) is 8.18. The Hall–Kier alpha value is -0.900. The summed E-state index contributed by atoms with van der Waals surface area (Å²) < 4.78 is 0. The van der Waals surface area contributed by atoms with E-state index in [1.54, 1.807) is 30.3 Å². The van der Waals surface area contributed by atoms with Crippen LogP contribution in [0, 0.1) is 0 Å². The van der Waals surface area contributed by atoms with Crippen LogP contribution in [0.1, 0.15) is 43.8 Å². The summed E-state index contributed by atoms with van der Waals surface area (Å²) in [5.74, 6) is 1.26. The van der Waals surface area contributed by atoms with Crippen LogP contribution in [0.25, 0.3) is 0 Å². The standard InChI is InChI=1S/C15H27N5OS.HI/c1-6-16-15(17-8-7-14(21)20(4)5)18-9-13-19-12(10-22-13)11(2)3;/h10-11H,6-9H2,1-5H3,(H2,16,17,18);1H. The molecule has 8 heteroatoms. The molecule has 0 aliphatic rings. The van der Waals surface area contributed by atoms with E-state index in [-0.39, 0.29) is 29.9 Å². The fourth-order valence-corrected chi connectivity index (χ4v) is 2.54. The number of hydrogen-bond donors (Lipinski definition) is 2. The van der Waals surface area contributed by atoms with Crippen molar-refractivity contribution >= 4 is 47.2 Å². The van der Waals surface area contributed by atoms with Gasteiger partial charge in [0.2, 0.25) is 5.91 Å². The molecule has 0 aromatic carbocycles. The summed E-state index contributed by atoms with van der Waals surface area (Å²) in [5.41, 5.74) is 1.12. The summed E-state index contributed by atoms with van der Waals surface area (Å²) in [6, 6.07) is 0. The van der Waals surface area contributed by atoms with Gasteiger partial charge >= 0.3 is 0 Å². The number of carbonyl (C=O) groups excluding carboxylic acids is 1. The number of halogens is 1. The van der Waals surface area contributed by atoms with Gasteiger partial charge in [0.15, 0.2) is 5.96 Å². The number of guanidine groups is 1. The molecule has 0 radical (unpaired) electrons. The van der Waals surface area contributed by atoms with E-state index in [4.69, 9.17) is 0 Å². The van der Waals surface area contributed by atoms with Crippen molar-refractivity contribution in [3.05, 3.63) is 16.1 Å². The number of hydrogen-bond acceptors (Lipinski definition) is 4. The van der Waals surface area contributed by atoms with Gasteiger partial charge in [0, 0.05) is 39.0 Å². The summed E-state index contributed by atoms with van der Waals surface area (Å²) in [4.78, 5) is 22.2. The number of rotatable bonds is 7. The van der Waals surface area contributed by atoms with Crippen LogP contribution in [0.5, 0.6) is 0 Å². The predicted molar refractivity (Wildman–Crippen MR) is 108 cm³/mol. The second-order valence-corrected chi connectivity index (χ2v) is 6.42. The minimum absolute atomic E-state index is 0. The Morgan fingerprint density at radius 3 is 2.61 bits per heavy atom. The fraction of sp³-hybridized carbons (Fsp3) is 0.667. The summed E-state index contributed by atoms with van der Waals surface area (Å²) in [6.07, 6.45) is 0.451. The lowest BCUT2D eigenvalue weighted by Crippen LogP contribution is -2.39. The number of carbonyl (C=O) groups is 1. The average molecular weight is 453 g/mol. The van der Waals surface area contributed by atoms with Crippen LogP contribution < -0.4 is 10.6 Å². The monoisotopic (exact) mass is 453 g/mol. The lowest BCUT2D eigenvalue weighted by atomic mass is 10.2. The van der Waals surface area contributed by atoms with E-state index in [0.29, 0.717) is 25.4 Å². The molecule has 0 fully saturated rings. The number of aliphatic imine (C=N–C) groups is 1. The first-order valence-electron chi connectivity index (χ1n) is 7.60. The Morgan fingerprint density at radius 2 is 2.09 bits per heavy atom. The van der Waals surface area contributed by atoms with Crippen LogP contribution in [0.15, 0.2) is 10.4 Å². The predicted octanol–water partition coefficient (Wildman–Crippen LogP) is 2.42.